The van der Waals surface area contributed by atoms with Crippen molar-refractivity contribution in [1.82, 2.24) is 4.90 Å². The molecule has 2 nitrogen and oxygen atoms in total. The minimum Gasteiger partial charge on any atom is -0.337 e. The van der Waals surface area contributed by atoms with Gasteiger partial charge >= 0.3 is 0 Å². The summed E-state index contributed by atoms with van der Waals surface area (Å²) in [6.45, 7) is 8.05. The summed E-state index contributed by atoms with van der Waals surface area (Å²) in [5.41, 5.74) is 1.69. The number of hydrogen-bond acceptors (Lipinski definition) is 3. The van der Waals surface area contributed by atoms with Crippen molar-refractivity contribution < 1.29 is 0 Å². The second kappa shape index (κ2) is 4.92. The molecular formula is C10H13N2S. The second-order valence-electron chi connectivity index (χ2n) is 2.65. The van der Waals surface area contributed by atoms with Crippen LogP contribution in [-0.4, -0.2) is 17.2 Å². The van der Waals surface area contributed by atoms with Gasteiger partial charge in [0.05, 0.1) is 0 Å². The molecule has 0 aromatic heterocycles. The van der Waals surface area contributed by atoms with Crippen LogP contribution in [-0.2, 0) is 0 Å². The van der Waals surface area contributed by atoms with Crippen molar-refractivity contribution in [2.24, 2.45) is 4.99 Å². The first-order valence-electron chi connectivity index (χ1n) is 4.08. The van der Waals surface area contributed by atoms with E-state index in [1.165, 1.54) is 0 Å². The summed E-state index contributed by atoms with van der Waals surface area (Å²) in [4.78, 5) is 6.21. The van der Waals surface area contributed by atoms with Gasteiger partial charge in [-0.3, -0.25) is 0 Å². The minimum atomic E-state index is 0.708. The van der Waals surface area contributed by atoms with Gasteiger partial charge in [-0.15, -0.1) is 25.8 Å². The Morgan fingerprint density at radius 2 is 2.23 bits per heavy atom. The molecule has 1 heterocycles. The third kappa shape index (κ3) is 2.77. The van der Waals surface area contributed by atoms with Crippen LogP contribution in [0.5, 0.6) is 0 Å². The van der Waals surface area contributed by atoms with E-state index in [0.717, 1.165) is 18.7 Å². The lowest BCUT2D eigenvalue weighted by Crippen LogP contribution is -2.22. The molecule has 0 aromatic carbocycles. The van der Waals surface area contributed by atoms with Crippen molar-refractivity contribution in [3.05, 3.63) is 43.1 Å². The molecule has 0 unspecified atom stereocenters. The summed E-state index contributed by atoms with van der Waals surface area (Å²) in [6, 6.07) is 0. The number of hydrogen-bond donors (Lipinski definition) is 1. The monoisotopic (exact) mass is 193 g/mol. The van der Waals surface area contributed by atoms with E-state index in [1.807, 2.05) is 29.3 Å². The number of rotatable bonds is 4. The molecule has 0 aromatic rings. The Balaban J connectivity index is 2.60. The Bertz CT molecular complexity index is 256. The van der Waals surface area contributed by atoms with E-state index in [9.17, 15) is 0 Å². The second-order valence-corrected chi connectivity index (χ2v) is 3.05. The Hall–Kier alpha value is -0.960. The zero-order valence-corrected chi connectivity index (χ0v) is 8.37. The van der Waals surface area contributed by atoms with Crippen LogP contribution in [0.15, 0.2) is 42.6 Å². The van der Waals surface area contributed by atoms with E-state index in [0.29, 0.717) is 5.50 Å². The minimum absolute atomic E-state index is 0.708. The van der Waals surface area contributed by atoms with Gasteiger partial charge in [-0.05, 0) is 6.08 Å². The molecule has 69 valence electrons. The maximum Gasteiger partial charge on any atom is 0.231 e. The van der Waals surface area contributed by atoms with Crippen molar-refractivity contribution in [3.63, 3.8) is 0 Å². The quantitative estimate of drug-likeness (QED) is 0.535. The smallest absolute Gasteiger partial charge is 0.231 e. The summed E-state index contributed by atoms with van der Waals surface area (Å²) in [6.07, 6.45) is 8.34. The first-order chi connectivity index (χ1) is 6.27. The van der Waals surface area contributed by atoms with Crippen molar-refractivity contribution >= 4 is 18.3 Å². The molecule has 0 amide bonds. The molecular weight excluding hydrogens is 180 g/mol. The fourth-order valence-corrected chi connectivity index (χ4v) is 1.29. The summed E-state index contributed by atoms with van der Waals surface area (Å²) in [5, 5.41) is 0. The van der Waals surface area contributed by atoms with Crippen LogP contribution < -0.4 is 0 Å². The van der Waals surface area contributed by atoms with Crippen LogP contribution in [0.25, 0.3) is 0 Å². The zero-order valence-electron chi connectivity index (χ0n) is 7.48. The zero-order chi connectivity index (χ0) is 9.68. The first-order valence-corrected chi connectivity index (χ1v) is 4.52. The summed E-state index contributed by atoms with van der Waals surface area (Å²) in [7, 11) is 0. The van der Waals surface area contributed by atoms with Gasteiger partial charge in [0.15, 0.2) is 0 Å². The predicted molar refractivity (Wildman–Crippen MR) is 60.5 cm³/mol. The normalized spacial score (nSPS) is 17.0. The number of aliphatic imine (C=N–C) groups is 1. The van der Waals surface area contributed by atoms with E-state index < -0.39 is 0 Å². The van der Waals surface area contributed by atoms with Gasteiger partial charge < -0.3 is 4.90 Å². The van der Waals surface area contributed by atoms with E-state index in [1.54, 1.807) is 0 Å². The highest BCUT2D eigenvalue weighted by Gasteiger charge is 2.13. The first kappa shape index (κ1) is 10.1. The van der Waals surface area contributed by atoms with Crippen LogP contribution in [0.3, 0.4) is 0 Å². The molecule has 1 aliphatic heterocycles. The molecule has 13 heavy (non-hydrogen) atoms. The van der Waals surface area contributed by atoms with Gasteiger partial charge in [-0.1, -0.05) is 12.2 Å². The Morgan fingerprint density at radius 3 is 2.77 bits per heavy atom. The van der Waals surface area contributed by atoms with E-state index >= 15 is 0 Å². The SMILES string of the molecule is C=CCC1=N[C](S)N(CC=C)C=C1. The highest BCUT2D eigenvalue weighted by atomic mass is 32.1. The topological polar surface area (TPSA) is 15.6 Å². The van der Waals surface area contributed by atoms with Crippen LogP contribution in [0, 0.1) is 5.50 Å². The lowest BCUT2D eigenvalue weighted by Gasteiger charge is -2.24. The van der Waals surface area contributed by atoms with E-state index in [4.69, 9.17) is 0 Å². The average Bonchev–Trinajstić information content (AvgIpc) is 2.10. The number of thiol groups is 1. The molecule has 1 radical (unpaired) electrons. The van der Waals surface area contributed by atoms with Gasteiger partial charge in [0, 0.05) is 24.9 Å². The van der Waals surface area contributed by atoms with E-state index in [-0.39, 0.29) is 0 Å². The summed E-state index contributed by atoms with van der Waals surface area (Å²) in [5.74, 6) is 0. The standard InChI is InChI=1S/C10H13N2S/c1-3-5-9-6-8-12(7-4-2)10(13)11-9/h3-4,6,8,13H,1-2,5,7H2. The molecule has 3 heteroatoms. The predicted octanol–water partition coefficient (Wildman–Crippen LogP) is 2.40. The van der Waals surface area contributed by atoms with Crippen molar-refractivity contribution in [2.75, 3.05) is 6.54 Å². The number of nitrogens with zero attached hydrogens (tertiary/aromatic N) is 2. The van der Waals surface area contributed by atoms with Gasteiger partial charge in [0.2, 0.25) is 5.50 Å². The van der Waals surface area contributed by atoms with Gasteiger partial charge in [-0.25, -0.2) is 4.99 Å². The fourth-order valence-electron chi connectivity index (χ4n) is 1.02. The Morgan fingerprint density at radius 1 is 1.46 bits per heavy atom. The molecule has 0 spiro atoms. The van der Waals surface area contributed by atoms with Crippen molar-refractivity contribution in [1.29, 1.82) is 0 Å². The van der Waals surface area contributed by atoms with Crippen LogP contribution >= 0.6 is 12.6 Å². The molecule has 0 bridgehead atoms. The lowest BCUT2D eigenvalue weighted by atomic mass is 10.2. The molecule has 1 rings (SSSR count). The Labute approximate surface area is 84.8 Å². The van der Waals surface area contributed by atoms with Gasteiger partial charge in [0.1, 0.15) is 0 Å². The van der Waals surface area contributed by atoms with Crippen LogP contribution in [0.1, 0.15) is 6.42 Å². The molecule has 0 N–H and O–H groups in total. The third-order valence-electron chi connectivity index (χ3n) is 1.63. The molecule has 1 aliphatic rings. The largest absolute Gasteiger partial charge is 0.337 e. The summed E-state index contributed by atoms with van der Waals surface area (Å²) < 4.78 is 0. The fraction of sp³-hybridized carbons (Fsp3) is 0.200. The van der Waals surface area contributed by atoms with Crippen molar-refractivity contribution in [3.8, 4) is 0 Å². The molecule has 0 saturated heterocycles. The average molecular weight is 193 g/mol. The van der Waals surface area contributed by atoms with Crippen LogP contribution in [0.2, 0.25) is 0 Å². The van der Waals surface area contributed by atoms with Gasteiger partial charge in [-0.2, -0.15) is 0 Å². The molecule has 0 saturated carbocycles. The lowest BCUT2D eigenvalue weighted by molar-refractivity contribution is 0.479. The molecule has 0 atom stereocenters. The maximum atomic E-state index is 4.29. The number of allylic oxidation sites excluding steroid dienone is 2. The highest BCUT2D eigenvalue weighted by Crippen LogP contribution is 2.20. The maximum absolute atomic E-state index is 4.29. The molecule has 0 fully saturated rings. The third-order valence-corrected chi connectivity index (χ3v) is 1.98. The Kier molecular flexibility index (Phi) is 3.83. The van der Waals surface area contributed by atoms with Crippen molar-refractivity contribution in [2.45, 2.75) is 6.42 Å². The van der Waals surface area contributed by atoms with Gasteiger partial charge in [0.25, 0.3) is 0 Å². The van der Waals surface area contributed by atoms with Crippen LogP contribution in [0.4, 0.5) is 0 Å². The van der Waals surface area contributed by atoms with E-state index in [2.05, 4.69) is 30.8 Å². The molecule has 0 aliphatic carbocycles. The highest BCUT2D eigenvalue weighted by molar-refractivity contribution is 7.83. The summed E-state index contributed by atoms with van der Waals surface area (Å²) >= 11 is 4.26.